The van der Waals surface area contributed by atoms with E-state index in [0.29, 0.717) is 12.1 Å². The average molecular weight is 537 g/mol. The zero-order valence-electron chi connectivity index (χ0n) is 22.0. The van der Waals surface area contributed by atoms with Crippen LogP contribution in [0.4, 0.5) is 0 Å². The average Bonchev–Trinajstić information content (AvgIpc) is 2.91. The van der Waals surface area contributed by atoms with Gasteiger partial charge >= 0.3 is 17.1 Å². The van der Waals surface area contributed by atoms with Crippen molar-refractivity contribution in [2.45, 2.75) is 164 Å². The maximum absolute atomic E-state index is 4.84. The normalized spacial score (nSPS) is 35.9. The quantitative estimate of drug-likeness (QED) is 0.254. The Balaban J connectivity index is 0.000000163. The molecule has 2 saturated heterocycles. The standard InChI is InChI=1S/C18H33P.C12H20N2.Cu/c1-4-10-16(11-5-1)19(17-12-6-2-7-13-17)18-14-8-3-9-15-18;1-3-9-5-6-10-4-2-8-14-12(10)11(9)13-7-1;/h16-18H,1-15H2;9-12H,1-8H2;/q;-2;+2/p+1. The molecule has 2 nitrogen and oxygen atoms in total. The fourth-order valence-electron chi connectivity index (χ4n) is 8.97. The Kier molecular flexibility index (Phi) is 12.1. The first-order valence-electron chi connectivity index (χ1n) is 15.6. The minimum atomic E-state index is -0.0465. The molecule has 4 saturated carbocycles. The van der Waals surface area contributed by atoms with Crippen molar-refractivity contribution < 1.29 is 17.1 Å². The predicted molar refractivity (Wildman–Crippen MR) is 148 cm³/mol. The molecule has 0 N–H and O–H groups in total. The van der Waals surface area contributed by atoms with Crippen LogP contribution in [0.5, 0.6) is 0 Å². The van der Waals surface area contributed by atoms with Gasteiger partial charge in [0, 0.05) is 7.92 Å². The van der Waals surface area contributed by atoms with Gasteiger partial charge in [-0.1, -0.05) is 69.6 Å². The van der Waals surface area contributed by atoms with E-state index in [9.17, 15) is 0 Å². The van der Waals surface area contributed by atoms with E-state index in [1.165, 1.54) is 55.5 Å². The van der Waals surface area contributed by atoms with Crippen LogP contribution in [0, 0.1) is 11.8 Å². The summed E-state index contributed by atoms with van der Waals surface area (Å²) in [5.41, 5.74) is 3.68. The van der Waals surface area contributed by atoms with Crippen molar-refractivity contribution in [3.8, 4) is 0 Å². The van der Waals surface area contributed by atoms with Crippen LogP contribution in [0.1, 0.15) is 135 Å². The van der Waals surface area contributed by atoms with E-state index in [-0.39, 0.29) is 25.0 Å². The van der Waals surface area contributed by atoms with Gasteiger partial charge in [-0.05, 0) is 77.0 Å². The molecule has 6 rings (SSSR count). The summed E-state index contributed by atoms with van der Waals surface area (Å²) in [6, 6.07) is 1.26. The summed E-state index contributed by atoms with van der Waals surface area (Å²) in [5, 5.41) is 9.68. The molecule has 6 aliphatic rings. The van der Waals surface area contributed by atoms with Crippen LogP contribution >= 0.6 is 7.92 Å². The molecule has 34 heavy (non-hydrogen) atoms. The van der Waals surface area contributed by atoms with Gasteiger partial charge in [0.05, 0.1) is 17.0 Å². The number of hydrogen-bond donors (Lipinski definition) is 0. The van der Waals surface area contributed by atoms with E-state index in [4.69, 9.17) is 10.6 Å². The number of rotatable bonds is 3. The molecule has 4 aliphatic carbocycles. The summed E-state index contributed by atoms with van der Waals surface area (Å²) in [5.74, 6) is 1.79. The van der Waals surface area contributed by atoms with E-state index >= 15 is 0 Å². The van der Waals surface area contributed by atoms with Crippen molar-refractivity contribution in [3.63, 3.8) is 0 Å². The van der Waals surface area contributed by atoms with Crippen LogP contribution in [-0.2, 0) is 17.1 Å². The van der Waals surface area contributed by atoms with Gasteiger partial charge in [0.2, 0.25) is 0 Å². The van der Waals surface area contributed by atoms with E-state index in [1.54, 1.807) is 96.3 Å². The molecule has 0 bridgehead atoms. The number of piperidine rings is 2. The Morgan fingerprint density at radius 3 is 1.09 bits per heavy atom. The van der Waals surface area contributed by atoms with E-state index in [0.717, 1.165) is 24.9 Å². The van der Waals surface area contributed by atoms with Crippen LogP contribution in [-0.4, -0.2) is 42.2 Å². The molecule has 0 aromatic heterocycles. The minimum absolute atomic E-state index is 0. The van der Waals surface area contributed by atoms with Gasteiger partial charge in [0.1, 0.15) is 0 Å². The molecule has 2 heterocycles. The van der Waals surface area contributed by atoms with Crippen molar-refractivity contribution in [3.05, 3.63) is 10.6 Å². The van der Waals surface area contributed by atoms with Crippen LogP contribution < -0.4 is 0 Å². The summed E-state index contributed by atoms with van der Waals surface area (Å²) in [6.45, 7) is 2.22. The van der Waals surface area contributed by atoms with Gasteiger partial charge in [-0.25, -0.2) is 0 Å². The first-order chi connectivity index (χ1) is 16.4. The summed E-state index contributed by atoms with van der Waals surface area (Å²) in [7, 11) is -0.0465. The third kappa shape index (κ3) is 7.25. The first-order valence-corrected chi connectivity index (χ1v) is 17.3. The number of hydrogen-bond acceptors (Lipinski definition) is 0. The number of nitrogens with zero attached hydrogens (tertiary/aromatic N) is 2. The second-order valence-corrected chi connectivity index (χ2v) is 16.1. The SMILES string of the molecule is C1CCC([PH+](C2CCCCC2)C2CCCCC2)CC1.C1C[N-]C2C(C1)CCC1CCC[N-]C12.[Cu+2]. The predicted octanol–water partition coefficient (Wildman–Crippen LogP) is 9.28. The summed E-state index contributed by atoms with van der Waals surface area (Å²) in [6.07, 6.45) is 32.2. The summed E-state index contributed by atoms with van der Waals surface area (Å²) < 4.78 is 0. The fraction of sp³-hybridized carbons (Fsp3) is 1.00. The van der Waals surface area contributed by atoms with Crippen molar-refractivity contribution in [1.29, 1.82) is 0 Å². The molecule has 2 aliphatic heterocycles. The topological polar surface area (TPSA) is 28.2 Å². The number of fused-ring (bicyclic) bond motifs is 3. The van der Waals surface area contributed by atoms with Crippen molar-refractivity contribution in [1.82, 2.24) is 0 Å². The van der Waals surface area contributed by atoms with Crippen LogP contribution in [0.25, 0.3) is 10.6 Å². The smallest absolute Gasteiger partial charge is 0.660 e. The molecule has 0 aromatic rings. The molecular formula is C30H54CuN2P+. The minimum Gasteiger partial charge on any atom is -0.660 e. The zero-order valence-corrected chi connectivity index (χ0v) is 23.9. The van der Waals surface area contributed by atoms with Crippen LogP contribution in [0.2, 0.25) is 0 Å². The molecule has 4 heteroatoms. The van der Waals surface area contributed by atoms with Gasteiger partial charge in [-0.2, -0.15) is 0 Å². The largest absolute Gasteiger partial charge is 2.00 e. The third-order valence-corrected chi connectivity index (χ3v) is 15.2. The second kappa shape index (κ2) is 14.7. The molecule has 4 unspecified atom stereocenters. The molecule has 0 amide bonds. The van der Waals surface area contributed by atoms with E-state index in [1.807, 2.05) is 0 Å². The van der Waals surface area contributed by atoms with Gasteiger partial charge in [-0.15, -0.1) is 25.2 Å². The van der Waals surface area contributed by atoms with Crippen molar-refractivity contribution in [2.75, 3.05) is 13.1 Å². The van der Waals surface area contributed by atoms with Crippen LogP contribution in [0.15, 0.2) is 0 Å². The monoisotopic (exact) mass is 536 g/mol. The van der Waals surface area contributed by atoms with E-state index in [2.05, 4.69) is 0 Å². The van der Waals surface area contributed by atoms with Gasteiger partial charge in [-0.3, -0.25) is 0 Å². The van der Waals surface area contributed by atoms with Gasteiger partial charge < -0.3 is 10.6 Å². The maximum Gasteiger partial charge on any atom is 2.00 e. The molecule has 0 aromatic carbocycles. The second-order valence-electron chi connectivity index (χ2n) is 12.7. The molecule has 6 fully saturated rings. The van der Waals surface area contributed by atoms with Gasteiger partial charge in [0.15, 0.2) is 0 Å². The molecule has 4 atom stereocenters. The summed E-state index contributed by atoms with van der Waals surface area (Å²) >= 11 is 0. The molecule has 199 valence electrons. The summed E-state index contributed by atoms with van der Waals surface area (Å²) in [4.78, 5) is 0. The Morgan fingerprint density at radius 2 is 0.735 bits per heavy atom. The van der Waals surface area contributed by atoms with Crippen LogP contribution in [0.3, 0.4) is 0 Å². The van der Waals surface area contributed by atoms with Crippen molar-refractivity contribution >= 4 is 7.92 Å². The fourth-order valence-corrected chi connectivity index (χ4v) is 14.2. The Labute approximate surface area is 223 Å². The third-order valence-electron chi connectivity index (χ3n) is 10.6. The molecule has 1 radical (unpaired) electrons. The first kappa shape index (κ1) is 27.9. The maximum atomic E-state index is 4.84. The molecule has 0 spiro atoms. The van der Waals surface area contributed by atoms with Crippen molar-refractivity contribution in [2.24, 2.45) is 11.8 Å². The zero-order chi connectivity index (χ0) is 22.3. The Hall–Kier alpha value is 0.869. The molecular weight excluding hydrogens is 483 g/mol. The Bertz CT molecular complexity index is 491. The van der Waals surface area contributed by atoms with Gasteiger partial charge in [0.25, 0.3) is 0 Å². The van der Waals surface area contributed by atoms with E-state index < -0.39 is 0 Å². The Morgan fingerprint density at radius 1 is 0.382 bits per heavy atom.